The molecular formula is C18H28O4. The largest absolute Gasteiger partial charge is 0.510 e. The summed E-state index contributed by atoms with van der Waals surface area (Å²) in [6, 6.07) is 0. The molecule has 4 heteroatoms. The van der Waals surface area contributed by atoms with Crippen molar-refractivity contribution in [2.45, 2.75) is 73.1 Å². The molecule has 0 saturated carbocycles. The van der Waals surface area contributed by atoms with E-state index in [1.807, 2.05) is 0 Å². The smallest absolute Gasteiger partial charge is 0.182 e. The fourth-order valence-electron chi connectivity index (χ4n) is 3.00. The second-order valence-corrected chi connectivity index (χ2v) is 7.22. The number of aliphatic hydroxyl groups is 1. The molecule has 0 aromatic heterocycles. The molecule has 0 aromatic carbocycles. The lowest BCUT2D eigenvalue weighted by molar-refractivity contribution is -0.145. The SMILES string of the molecule is CCCCCCCC(=O)C1=C(O)C(C)(C)C(=O)C(C)(C)C1=O. The molecule has 0 unspecified atom stereocenters. The normalized spacial score (nSPS) is 20.4. The molecule has 0 radical (unpaired) electrons. The maximum atomic E-state index is 12.5. The van der Waals surface area contributed by atoms with E-state index in [0.717, 1.165) is 25.7 Å². The van der Waals surface area contributed by atoms with Crippen molar-refractivity contribution in [2.24, 2.45) is 10.8 Å². The maximum Gasteiger partial charge on any atom is 0.182 e. The number of allylic oxidation sites excluding steroid dienone is 2. The highest BCUT2D eigenvalue weighted by atomic mass is 16.3. The van der Waals surface area contributed by atoms with E-state index in [2.05, 4.69) is 6.92 Å². The lowest BCUT2D eigenvalue weighted by atomic mass is 9.63. The summed E-state index contributed by atoms with van der Waals surface area (Å²) in [6.07, 6.45) is 5.22. The van der Waals surface area contributed by atoms with Gasteiger partial charge in [0.1, 0.15) is 11.3 Å². The van der Waals surface area contributed by atoms with Crippen LogP contribution < -0.4 is 0 Å². The van der Waals surface area contributed by atoms with E-state index in [9.17, 15) is 19.5 Å². The summed E-state index contributed by atoms with van der Waals surface area (Å²) >= 11 is 0. The van der Waals surface area contributed by atoms with Gasteiger partial charge in [0, 0.05) is 6.42 Å². The minimum absolute atomic E-state index is 0.162. The predicted octanol–water partition coefficient (Wildman–Crippen LogP) is 3.93. The van der Waals surface area contributed by atoms with E-state index < -0.39 is 16.6 Å². The van der Waals surface area contributed by atoms with E-state index in [-0.39, 0.29) is 29.3 Å². The Balaban J connectivity index is 2.95. The van der Waals surface area contributed by atoms with Crippen LogP contribution in [0.1, 0.15) is 73.1 Å². The van der Waals surface area contributed by atoms with Gasteiger partial charge in [-0.25, -0.2) is 0 Å². The van der Waals surface area contributed by atoms with Crippen LogP contribution in [0.4, 0.5) is 0 Å². The van der Waals surface area contributed by atoms with Crippen LogP contribution >= 0.6 is 0 Å². The van der Waals surface area contributed by atoms with Crippen LogP contribution in [0.3, 0.4) is 0 Å². The van der Waals surface area contributed by atoms with Gasteiger partial charge in [-0.15, -0.1) is 0 Å². The van der Waals surface area contributed by atoms with Crippen molar-refractivity contribution in [3.8, 4) is 0 Å². The third kappa shape index (κ3) is 3.31. The van der Waals surface area contributed by atoms with Gasteiger partial charge in [0.05, 0.1) is 10.8 Å². The van der Waals surface area contributed by atoms with Gasteiger partial charge < -0.3 is 5.11 Å². The van der Waals surface area contributed by atoms with Crippen LogP contribution in [0.15, 0.2) is 11.3 Å². The Labute approximate surface area is 133 Å². The Hall–Kier alpha value is -1.45. The molecule has 0 atom stereocenters. The Kier molecular flexibility index (Phi) is 5.71. The molecule has 1 aliphatic rings. The molecule has 4 nitrogen and oxygen atoms in total. The molecule has 1 aliphatic carbocycles. The van der Waals surface area contributed by atoms with Gasteiger partial charge in [0.25, 0.3) is 0 Å². The van der Waals surface area contributed by atoms with E-state index in [1.165, 1.54) is 13.8 Å². The zero-order chi connectivity index (χ0) is 17.1. The van der Waals surface area contributed by atoms with Gasteiger partial charge in [-0.3, -0.25) is 14.4 Å². The number of aliphatic hydroxyl groups excluding tert-OH is 1. The first-order chi connectivity index (χ1) is 10.1. The molecule has 0 heterocycles. The average molecular weight is 308 g/mol. The lowest BCUT2D eigenvalue weighted by Gasteiger charge is -2.37. The number of ketones is 3. The highest BCUT2D eigenvalue weighted by Gasteiger charge is 2.54. The summed E-state index contributed by atoms with van der Waals surface area (Å²) in [4.78, 5) is 37.2. The highest BCUT2D eigenvalue weighted by Crippen LogP contribution is 2.43. The monoisotopic (exact) mass is 308 g/mol. The molecule has 0 saturated heterocycles. The van der Waals surface area contributed by atoms with Gasteiger partial charge in [-0.05, 0) is 34.1 Å². The topological polar surface area (TPSA) is 71.4 Å². The minimum Gasteiger partial charge on any atom is -0.510 e. The van der Waals surface area contributed by atoms with Crippen molar-refractivity contribution in [2.75, 3.05) is 0 Å². The summed E-state index contributed by atoms with van der Waals surface area (Å²) in [6.45, 7) is 8.30. The van der Waals surface area contributed by atoms with Gasteiger partial charge >= 0.3 is 0 Å². The van der Waals surface area contributed by atoms with Crippen LogP contribution in [0.2, 0.25) is 0 Å². The molecule has 1 N–H and O–H groups in total. The molecule has 0 aliphatic heterocycles. The van der Waals surface area contributed by atoms with Crippen LogP contribution in [0, 0.1) is 10.8 Å². The summed E-state index contributed by atoms with van der Waals surface area (Å²) in [5, 5.41) is 10.3. The fraction of sp³-hybridized carbons (Fsp3) is 0.722. The van der Waals surface area contributed by atoms with Gasteiger partial charge in [-0.1, -0.05) is 32.6 Å². The van der Waals surface area contributed by atoms with Crippen LogP contribution in [-0.2, 0) is 14.4 Å². The third-order valence-electron chi connectivity index (χ3n) is 4.55. The zero-order valence-corrected chi connectivity index (χ0v) is 14.4. The van der Waals surface area contributed by atoms with Crippen molar-refractivity contribution in [1.29, 1.82) is 0 Å². The van der Waals surface area contributed by atoms with Crippen LogP contribution in [0.25, 0.3) is 0 Å². The summed E-state index contributed by atoms with van der Waals surface area (Å²) < 4.78 is 0. The molecule has 22 heavy (non-hydrogen) atoms. The number of hydrogen-bond donors (Lipinski definition) is 1. The lowest BCUT2D eigenvalue weighted by Crippen LogP contribution is -2.50. The van der Waals surface area contributed by atoms with E-state index in [0.29, 0.717) is 6.42 Å². The first-order valence-corrected chi connectivity index (χ1v) is 8.15. The van der Waals surface area contributed by atoms with Crippen molar-refractivity contribution < 1.29 is 19.5 Å². The van der Waals surface area contributed by atoms with Crippen LogP contribution in [-0.4, -0.2) is 22.5 Å². The van der Waals surface area contributed by atoms with E-state index in [1.54, 1.807) is 13.8 Å². The number of unbranched alkanes of at least 4 members (excludes halogenated alkanes) is 4. The molecule has 1 rings (SSSR count). The Morgan fingerprint density at radius 2 is 1.50 bits per heavy atom. The highest BCUT2D eigenvalue weighted by molar-refractivity contribution is 6.30. The molecule has 0 aromatic rings. The summed E-state index contributed by atoms with van der Waals surface area (Å²) in [7, 11) is 0. The molecule has 0 spiro atoms. The number of carbonyl (C=O) groups is 3. The average Bonchev–Trinajstić information content (AvgIpc) is 2.44. The molecule has 0 amide bonds. The molecule has 124 valence electrons. The number of hydrogen-bond acceptors (Lipinski definition) is 4. The van der Waals surface area contributed by atoms with Crippen molar-refractivity contribution in [3.05, 3.63) is 11.3 Å². The van der Waals surface area contributed by atoms with Crippen LogP contribution in [0.5, 0.6) is 0 Å². The maximum absolute atomic E-state index is 12.5. The Morgan fingerprint density at radius 1 is 0.955 bits per heavy atom. The number of Topliss-reactive ketones (excluding diaryl/α,β-unsaturated/α-hetero) is 3. The van der Waals surface area contributed by atoms with Gasteiger partial charge in [-0.2, -0.15) is 0 Å². The zero-order valence-electron chi connectivity index (χ0n) is 14.4. The minimum atomic E-state index is -1.26. The first-order valence-electron chi connectivity index (χ1n) is 8.15. The molecule has 0 bridgehead atoms. The van der Waals surface area contributed by atoms with Gasteiger partial charge in [0.2, 0.25) is 0 Å². The van der Waals surface area contributed by atoms with Crippen molar-refractivity contribution >= 4 is 17.3 Å². The first kappa shape index (κ1) is 18.6. The van der Waals surface area contributed by atoms with Crippen molar-refractivity contribution in [1.82, 2.24) is 0 Å². The second kappa shape index (κ2) is 6.76. The van der Waals surface area contributed by atoms with E-state index in [4.69, 9.17) is 0 Å². The second-order valence-electron chi connectivity index (χ2n) is 7.22. The quantitative estimate of drug-likeness (QED) is 0.439. The summed E-state index contributed by atoms with van der Waals surface area (Å²) in [5.74, 6) is -1.59. The van der Waals surface area contributed by atoms with Crippen molar-refractivity contribution in [3.63, 3.8) is 0 Å². The molecule has 0 fully saturated rings. The molecular weight excluding hydrogens is 280 g/mol. The summed E-state index contributed by atoms with van der Waals surface area (Å²) in [5.41, 5.74) is -2.61. The fourth-order valence-corrected chi connectivity index (χ4v) is 3.00. The standard InChI is InChI=1S/C18H28O4/c1-6-7-8-9-10-11-12(19)13-14(20)17(2,3)16(22)18(4,5)15(13)21/h20H,6-11H2,1-5H3. The third-order valence-corrected chi connectivity index (χ3v) is 4.55. The van der Waals surface area contributed by atoms with Gasteiger partial charge in [0.15, 0.2) is 17.3 Å². The number of carbonyl (C=O) groups excluding carboxylic acids is 3. The number of rotatable bonds is 7. The Morgan fingerprint density at radius 3 is 2.05 bits per heavy atom. The van der Waals surface area contributed by atoms with E-state index >= 15 is 0 Å². The predicted molar refractivity (Wildman–Crippen MR) is 85.6 cm³/mol. The Bertz CT molecular complexity index is 509.